The van der Waals surface area contributed by atoms with Crippen molar-refractivity contribution in [3.63, 3.8) is 0 Å². The molecule has 0 saturated carbocycles. The van der Waals surface area contributed by atoms with Crippen molar-refractivity contribution < 1.29 is 45.4 Å². The number of carbonyl (C=O) groups is 1. The Bertz CT molecular complexity index is 1130. The smallest absolute Gasteiger partial charge is 0.418 e. The third-order valence-corrected chi connectivity index (χ3v) is 4.77. The fraction of sp³-hybridized carbons (Fsp3) is 0.227. The molecule has 3 rings (SSSR count). The molecule has 0 bridgehead atoms. The molecule has 176 valence electrons. The number of carboxylic acid groups (broad SMARTS) is 1. The van der Waals surface area contributed by atoms with Crippen molar-refractivity contribution in [2.24, 2.45) is 0 Å². The minimum atomic E-state index is -4.82. The first-order chi connectivity index (χ1) is 15.4. The Morgan fingerprint density at radius 3 is 2.12 bits per heavy atom. The summed E-state index contributed by atoms with van der Waals surface area (Å²) >= 11 is 0. The number of aromatic nitrogens is 1. The van der Waals surface area contributed by atoms with Crippen LogP contribution < -0.4 is 4.74 Å². The van der Waals surface area contributed by atoms with Crippen LogP contribution >= 0.6 is 0 Å². The summed E-state index contributed by atoms with van der Waals surface area (Å²) in [5.74, 6) is -2.21. The fourth-order valence-corrected chi connectivity index (χ4v) is 3.23. The van der Waals surface area contributed by atoms with E-state index in [1.807, 2.05) is 0 Å². The highest BCUT2D eigenvalue weighted by Crippen LogP contribution is 2.37. The lowest BCUT2D eigenvalue weighted by Crippen LogP contribution is -2.14. The monoisotopic (exact) mass is 475 g/mol. The zero-order valence-corrected chi connectivity index (χ0v) is 16.7. The van der Waals surface area contributed by atoms with Gasteiger partial charge in [-0.1, -0.05) is 6.07 Å². The van der Waals surface area contributed by atoms with Crippen LogP contribution in [0.2, 0.25) is 0 Å². The molecule has 0 fully saturated rings. The van der Waals surface area contributed by atoms with Gasteiger partial charge in [-0.15, -0.1) is 0 Å². The highest BCUT2D eigenvalue weighted by molar-refractivity contribution is 5.67. The maximum atomic E-state index is 13.5. The Hall–Kier alpha value is -3.50. The third-order valence-electron chi connectivity index (χ3n) is 4.77. The molecule has 1 aromatic heterocycles. The lowest BCUT2D eigenvalue weighted by molar-refractivity contribution is -0.140. The summed E-state index contributed by atoms with van der Waals surface area (Å²) in [6.45, 7) is -0.731. The molecular formula is C22H16F7NO3. The Balaban J connectivity index is 1.93. The van der Waals surface area contributed by atoms with E-state index in [1.54, 1.807) is 0 Å². The first kappa shape index (κ1) is 24.1. The van der Waals surface area contributed by atoms with Crippen LogP contribution in [0.25, 0.3) is 5.69 Å². The highest BCUT2D eigenvalue weighted by atomic mass is 19.4. The predicted octanol–water partition coefficient (Wildman–Crippen LogP) is 6.25. The number of alkyl halides is 6. The molecule has 0 saturated heterocycles. The standard InChI is InChI=1S/C22H16F7NO3/c23-14-3-5-15(6-4-14)30-10-9-17(21(24,25)26)19(30)12-33-16-7-1-13(2-8-20(31)32)18(11-16)22(27,28)29/h1,3-7,9-11H,2,8,12H2,(H,31,32). The molecule has 0 radical (unpaired) electrons. The van der Waals surface area contributed by atoms with E-state index in [9.17, 15) is 35.5 Å². The summed E-state index contributed by atoms with van der Waals surface area (Å²) in [5, 5.41) is 8.72. The second kappa shape index (κ2) is 9.16. The van der Waals surface area contributed by atoms with Gasteiger partial charge in [0.1, 0.15) is 18.2 Å². The number of nitrogens with zero attached hydrogens (tertiary/aromatic N) is 1. The van der Waals surface area contributed by atoms with Gasteiger partial charge in [-0.25, -0.2) is 4.39 Å². The number of hydrogen-bond donors (Lipinski definition) is 1. The fourth-order valence-electron chi connectivity index (χ4n) is 3.23. The Morgan fingerprint density at radius 1 is 0.909 bits per heavy atom. The highest BCUT2D eigenvalue weighted by Gasteiger charge is 2.36. The molecule has 0 amide bonds. The number of ether oxygens (including phenoxy) is 1. The van der Waals surface area contributed by atoms with Crippen molar-refractivity contribution in [2.75, 3.05) is 0 Å². The number of carboxylic acids is 1. The SMILES string of the molecule is O=C(O)CCc1ccc(OCc2c(C(F)(F)F)ccn2-c2ccc(F)cc2)cc1C(F)(F)F. The summed E-state index contributed by atoms with van der Waals surface area (Å²) in [7, 11) is 0. The zero-order valence-electron chi connectivity index (χ0n) is 16.7. The maximum absolute atomic E-state index is 13.5. The van der Waals surface area contributed by atoms with Gasteiger partial charge in [0, 0.05) is 18.3 Å². The van der Waals surface area contributed by atoms with Gasteiger partial charge >= 0.3 is 18.3 Å². The Morgan fingerprint density at radius 2 is 1.55 bits per heavy atom. The Kier molecular flexibility index (Phi) is 6.71. The number of benzene rings is 2. The first-order valence-electron chi connectivity index (χ1n) is 9.44. The van der Waals surface area contributed by atoms with E-state index in [1.165, 1.54) is 12.1 Å². The van der Waals surface area contributed by atoms with Crippen LogP contribution in [0.15, 0.2) is 54.7 Å². The van der Waals surface area contributed by atoms with Crippen LogP contribution in [0, 0.1) is 5.82 Å². The van der Waals surface area contributed by atoms with Gasteiger partial charge in [-0.05, 0) is 54.4 Å². The van der Waals surface area contributed by atoms with Crippen LogP contribution in [0.4, 0.5) is 30.7 Å². The second-order valence-corrected chi connectivity index (χ2v) is 7.02. The van der Waals surface area contributed by atoms with Gasteiger partial charge in [0.05, 0.1) is 16.8 Å². The van der Waals surface area contributed by atoms with Gasteiger partial charge in [-0.2, -0.15) is 26.3 Å². The average molecular weight is 475 g/mol. The van der Waals surface area contributed by atoms with Crippen molar-refractivity contribution in [3.05, 3.63) is 82.9 Å². The summed E-state index contributed by atoms with van der Waals surface area (Å²) in [4.78, 5) is 10.7. The van der Waals surface area contributed by atoms with E-state index < -0.39 is 54.0 Å². The molecular weight excluding hydrogens is 459 g/mol. The minimum absolute atomic E-state index is 0.200. The predicted molar refractivity (Wildman–Crippen MR) is 102 cm³/mol. The van der Waals surface area contributed by atoms with Crippen molar-refractivity contribution >= 4 is 5.97 Å². The lowest BCUT2D eigenvalue weighted by atomic mass is 10.0. The summed E-state index contributed by atoms with van der Waals surface area (Å²) in [6.07, 6.45) is -9.38. The molecule has 0 spiro atoms. The van der Waals surface area contributed by atoms with Crippen molar-refractivity contribution in [2.45, 2.75) is 31.8 Å². The quantitative estimate of drug-likeness (QED) is 0.411. The van der Waals surface area contributed by atoms with Crippen LogP contribution in [0.1, 0.15) is 28.8 Å². The average Bonchev–Trinajstić information content (AvgIpc) is 3.15. The molecule has 0 aliphatic heterocycles. The van der Waals surface area contributed by atoms with Gasteiger partial charge in [0.15, 0.2) is 0 Å². The molecule has 1 N–H and O–H groups in total. The van der Waals surface area contributed by atoms with Crippen molar-refractivity contribution in [1.29, 1.82) is 0 Å². The van der Waals surface area contributed by atoms with Gasteiger partial charge in [0.2, 0.25) is 0 Å². The van der Waals surface area contributed by atoms with E-state index in [0.717, 1.165) is 41.1 Å². The van der Waals surface area contributed by atoms with E-state index in [-0.39, 0.29) is 23.4 Å². The van der Waals surface area contributed by atoms with Crippen LogP contribution in [-0.2, 0) is 30.2 Å². The zero-order chi connectivity index (χ0) is 24.4. The van der Waals surface area contributed by atoms with Crippen LogP contribution in [0.5, 0.6) is 5.75 Å². The van der Waals surface area contributed by atoms with Crippen molar-refractivity contribution in [1.82, 2.24) is 4.57 Å². The first-order valence-corrected chi connectivity index (χ1v) is 9.44. The summed E-state index contributed by atoms with van der Waals surface area (Å²) in [5.41, 5.74) is -2.65. The topological polar surface area (TPSA) is 51.5 Å². The molecule has 11 heteroatoms. The lowest BCUT2D eigenvalue weighted by Gasteiger charge is -2.17. The maximum Gasteiger partial charge on any atom is 0.418 e. The third kappa shape index (κ3) is 5.85. The molecule has 2 aromatic carbocycles. The number of hydrogen-bond acceptors (Lipinski definition) is 2. The molecule has 0 aliphatic rings. The van der Waals surface area contributed by atoms with E-state index in [2.05, 4.69) is 0 Å². The van der Waals surface area contributed by atoms with E-state index >= 15 is 0 Å². The molecule has 0 unspecified atom stereocenters. The molecule has 3 aromatic rings. The molecule has 0 aliphatic carbocycles. The number of halogens is 7. The van der Waals surface area contributed by atoms with E-state index in [0.29, 0.717) is 6.07 Å². The number of aliphatic carboxylic acids is 1. The normalized spacial score (nSPS) is 12.1. The molecule has 1 heterocycles. The summed E-state index contributed by atoms with van der Waals surface area (Å²) in [6, 6.07) is 8.18. The summed E-state index contributed by atoms with van der Waals surface area (Å²) < 4.78 is 100. The van der Waals surface area contributed by atoms with E-state index in [4.69, 9.17) is 9.84 Å². The van der Waals surface area contributed by atoms with Gasteiger partial charge < -0.3 is 14.4 Å². The molecule has 4 nitrogen and oxygen atoms in total. The van der Waals surface area contributed by atoms with Crippen LogP contribution in [0.3, 0.4) is 0 Å². The minimum Gasteiger partial charge on any atom is -0.487 e. The second-order valence-electron chi connectivity index (χ2n) is 7.02. The largest absolute Gasteiger partial charge is 0.487 e. The van der Waals surface area contributed by atoms with Crippen LogP contribution in [-0.4, -0.2) is 15.6 Å². The Labute approximate surface area is 182 Å². The van der Waals surface area contributed by atoms with Gasteiger partial charge in [0.25, 0.3) is 0 Å². The molecule has 33 heavy (non-hydrogen) atoms. The van der Waals surface area contributed by atoms with Gasteiger partial charge in [-0.3, -0.25) is 4.79 Å². The molecule has 0 atom stereocenters. The van der Waals surface area contributed by atoms with Crippen molar-refractivity contribution in [3.8, 4) is 11.4 Å². The number of rotatable bonds is 7. The number of aryl methyl sites for hydroxylation is 1.